The predicted molar refractivity (Wildman–Crippen MR) is 104 cm³/mol. The minimum atomic E-state index is -4.42. The van der Waals surface area contributed by atoms with E-state index in [1.165, 1.54) is 17.0 Å². The number of anilines is 1. The van der Waals surface area contributed by atoms with Crippen LogP contribution in [0.2, 0.25) is 0 Å². The molecule has 30 heavy (non-hydrogen) atoms. The van der Waals surface area contributed by atoms with Gasteiger partial charge in [-0.15, -0.1) is 0 Å². The largest absolute Gasteiger partial charge is 0.416 e. The molecular weight excluding hydrogens is 395 g/mol. The van der Waals surface area contributed by atoms with E-state index in [0.717, 1.165) is 23.2 Å². The lowest BCUT2D eigenvalue weighted by molar-refractivity contribution is -0.137. The van der Waals surface area contributed by atoms with Crippen molar-refractivity contribution in [3.05, 3.63) is 72.6 Å². The zero-order valence-corrected chi connectivity index (χ0v) is 15.8. The zero-order valence-electron chi connectivity index (χ0n) is 15.8. The third kappa shape index (κ3) is 2.85. The number of fused-ring (bicyclic) bond motifs is 2. The number of pyridine rings is 1. The Bertz CT molecular complexity index is 1260. The van der Waals surface area contributed by atoms with Gasteiger partial charge in [-0.2, -0.15) is 18.3 Å². The van der Waals surface area contributed by atoms with Crippen molar-refractivity contribution < 1.29 is 18.0 Å². The van der Waals surface area contributed by atoms with E-state index in [1.807, 2.05) is 29.7 Å². The van der Waals surface area contributed by atoms with Gasteiger partial charge in [-0.25, -0.2) is 4.98 Å². The van der Waals surface area contributed by atoms with Crippen molar-refractivity contribution in [3.63, 3.8) is 0 Å². The zero-order chi connectivity index (χ0) is 21.0. The number of hydrogen-bond acceptors (Lipinski definition) is 3. The van der Waals surface area contributed by atoms with E-state index >= 15 is 0 Å². The molecule has 1 aliphatic rings. The average molecular weight is 411 g/mol. The van der Waals surface area contributed by atoms with Gasteiger partial charge in [0.2, 0.25) is 0 Å². The smallest absolute Gasteiger partial charge is 0.306 e. The van der Waals surface area contributed by atoms with Gasteiger partial charge in [-0.05, 0) is 48.9 Å². The van der Waals surface area contributed by atoms with E-state index in [2.05, 4.69) is 10.1 Å². The minimum absolute atomic E-state index is 0.132. The molecule has 152 valence electrons. The van der Waals surface area contributed by atoms with Crippen LogP contribution >= 0.6 is 0 Å². The molecule has 5 rings (SSSR count). The van der Waals surface area contributed by atoms with Crippen LogP contribution in [0.5, 0.6) is 0 Å². The first-order chi connectivity index (χ1) is 14.3. The van der Waals surface area contributed by atoms with Gasteiger partial charge in [0.25, 0.3) is 5.91 Å². The Hall–Kier alpha value is -3.62. The second-order valence-corrected chi connectivity index (χ2v) is 7.30. The van der Waals surface area contributed by atoms with Gasteiger partial charge in [0.05, 0.1) is 35.8 Å². The second kappa shape index (κ2) is 6.45. The molecule has 0 N–H and O–H groups in total. The predicted octanol–water partition coefficient (Wildman–Crippen LogP) is 4.44. The Balaban J connectivity index is 1.56. The fourth-order valence-electron chi connectivity index (χ4n) is 3.81. The molecule has 6 nitrogen and oxygen atoms in total. The molecule has 0 radical (unpaired) electrons. The van der Waals surface area contributed by atoms with Crippen LogP contribution in [-0.2, 0) is 6.18 Å². The number of halogens is 3. The molecule has 4 aromatic rings. The van der Waals surface area contributed by atoms with Crippen LogP contribution in [0.1, 0.15) is 29.0 Å². The molecule has 0 unspecified atom stereocenters. The van der Waals surface area contributed by atoms with Gasteiger partial charge in [-0.3, -0.25) is 9.48 Å². The van der Waals surface area contributed by atoms with Gasteiger partial charge in [-0.1, -0.05) is 0 Å². The highest BCUT2D eigenvalue weighted by Gasteiger charge is 2.35. The van der Waals surface area contributed by atoms with Gasteiger partial charge in [0.1, 0.15) is 5.69 Å². The van der Waals surface area contributed by atoms with E-state index in [9.17, 15) is 18.0 Å². The van der Waals surface area contributed by atoms with Gasteiger partial charge in [0, 0.05) is 24.0 Å². The van der Waals surface area contributed by atoms with Crippen LogP contribution in [0.4, 0.5) is 18.9 Å². The maximum absolute atomic E-state index is 13.3. The number of nitrogens with zero attached hydrogens (tertiary/aromatic N) is 5. The number of carbonyl (C=O) groups is 1. The van der Waals surface area contributed by atoms with Crippen molar-refractivity contribution in [1.29, 1.82) is 0 Å². The van der Waals surface area contributed by atoms with Crippen molar-refractivity contribution >= 4 is 17.1 Å². The van der Waals surface area contributed by atoms with E-state index in [-0.39, 0.29) is 11.9 Å². The first-order valence-electron chi connectivity index (χ1n) is 9.31. The highest BCUT2D eigenvalue weighted by molar-refractivity contribution is 6.09. The summed E-state index contributed by atoms with van der Waals surface area (Å²) in [4.78, 5) is 18.9. The van der Waals surface area contributed by atoms with Gasteiger partial charge < -0.3 is 9.30 Å². The first-order valence-corrected chi connectivity index (χ1v) is 9.31. The van der Waals surface area contributed by atoms with E-state index in [1.54, 1.807) is 23.4 Å². The molecule has 1 atom stereocenters. The highest BCUT2D eigenvalue weighted by Crippen LogP contribution is 2.35. The fourth-order valence-corrected chi connectivity index (χ4v) is 3.81. The van der Waals surface area contributed by atoms with Crippen LogP contribution in [0, 0.1) is 0 Å². The number of alkyl halides is 3. The number of aromatic nitrogens is 4. The van der Waals surface area contributed by atoms with Crippen LogP contribution in [0.25, 0.3) is 16.6 Å². The topological polar surface area (TPSA) is 55.4 Å². The van der Waals surface area contributed by atoms with Crippen LogP contribution in [-0.4, -0.2) is 31.6 Å². The highest BCUT2D eigenvalue weighted by atomic mass is 19.4. The molecule has 1 aliphatic heterocycles. The van der Waals surface area contributed by atoms with Crippen LogP contribution < -0.4 is 4.90 Å². The molecule has 1 aromatic carbocycles. The molecule has 0 bridgehead atoms. The third-order valence-corrected chi connectivity index (χ3v) is 5.34. The number of rotatable bonds is 2. The molecule has 9 heteroatoms. The number of hydrogen-bond donors (Lipinski definition) is 0. The SMILES string of the molecule is C[C@H]1CN(c2ccc(C(F)(F)F)cc2)C(=O)c2c(-c3ccn4cncc4c3)cnn21. The fraction of sp³-hybridized carbons (Fsp3) is 0.190. The van der Waals surface area contributed by atoms with E-state index < -0.39 is 11.7 Å². The lowest BCUT2D eigenvalue weighted by Crippen LogP contribution is -2.42. The number of carbonyl (C=O) groups excluding carboxylic acids is 1. The number of benzene rings is 1. The van der Waals surface area contributed by atoms with E-state index in [0.29, 0.717) is 23.5 Å². The summed E-state index contributed by atoms with van der Waals surface area (Å²) in [5.74, 6) is -0.297. The minimum Gasteiger partial charge on any atom is -0.306 e. The van der Waals surface area contributed by atoms with Gasteiger partial charge >= 0.3 is 6.18 Å². The van der Waals surface area contributed by atoms with Crippen molar-refractivity contribution in [2.75, 3.05) is 11.4 Å². The second-order valence-electron chi connectivity index (χ2n) is 7.30. The molecule has 3 aromatic heterocycles. The Morgan fingerprint density at radius 2 is 1.87 bits per heavy atom. The molecule has 0 spiro atoms. The van der Waals surface area contributed by atoms with Crippen molar-refractivity contribution in [2.24, 2.45) is 0 Å². The third-order valence-electron chi connectivity index (χ3n) is 5.34. The molecule has 0 saturated heterocycles. The quantitative estimate of drug-likeness (QED) is 0.490. The molecule has 1 amide bonds. The maximum Gasteiger partial charge on any atom is 0.416 e. The monoisotopic (exact) mass is 411 g/mol. The molecule has 0 saturated carbocycles. The van der Waals surface area contributed by atoms with Crippen LogP contribution in [0.15, 0.2) is 61.3 Å². The first kappa shape index (κ1) is 18.4. The molecule has 0 fully saturated rings. The van der Waals surface area contributed by atoms with E-state index in [4.69, 9.17) is 0 Å². The summed E-state index contributed by atoms with van der Waals surface area (Å²) in [6.07, 6.45) is 2.49. The summed E-state index contributed by atoms with van der Waals surface area (Å²) in [7, 11) is 0. The maximum atomic E-state index is 13.3. The summed E-state index contributed by atoms with van der Waals surface area (Å²) in [6, 6.07) is 8.31. The van der Waals surface area contributed by atoms with Crippen molar-refractivity contribution in [2.45, 2.75) is 19.1 Å². The van der Waals surface area contributed by atoms with Gasteiger partial charge in [0.15, 0.2) is 0 Å². The molecule has 0 aliphatic carbocycles. The summed E-state index contributed by atoms with van der Waals surface area (Å²) in [5, 5.41) is 4.40. The summed E-state index contributed by atoms with van der Waals surface area (Å²) in [5.41, 5.74) is 2.46. The standard InChI is InChI=1S/C21H16F3N5O/c1-13-11-28(16-4-2-15(3-5-16)21(22,23)24)20(30)19-18(10-26-29(13)19)14-6-7-27-12-25-9-17(27)8-14/h2-10,12-13H,11H2,1H3/t13-/m0/s1. The lowest BCUT2D eigenvalue weighted by atomic mass is 10.0. The van der Waals surface area contributed by atoms with Crippen molar-refractivity contribution in [1.82, 2.24) is 19.2 Å². The molecule has 4 heterocycles. The Labute approximate surface area is 169 Å². The summed E-state index contributed by atoms with van der Waals surface area (Å²) in [6.45, 7) is 2.24. The number of amides is 1. The molecular formula is C21H16F3N5O. The van der Waals surface area contributed by atoms with Crippen LogP contribution in [0.3, 0.4) is 0 Å². The Kier molecular flexibility index (Phi) is 3.96. The average Bonchev–Trinajstić information content (AvgIpc) is 3.37. The Morgan fingerprint density at radius 3 is 2.60 bits per heavy atom. The lowest BCUT2D eigenvalue weighted by Gasteiger charge is -2.32. The normalized spacial score (nSPS) is 16.9. The number of imidazole rings is 1. The Morgan fingerprint density at radius 1 is 1.10 bits per heavy atom. The summed E-state index contributed by atoms with van der Waals surface area (Å²) >= 11 is 0. The van der Waals surface area contributed by atoms with Crippen molar-refractivity contribution in [3.8, 4) is 11.1 Å². The summed E-state index contributed by atoms with van der Waals surface area (Å²) < 4.78 is 42.2.